The van der Waals surface area contributed by atoms with Gasteiger partial charge in [0.25, 0.3) is 10.0 Å². The average Bonchev–Trinajstić information content (AvgIpc) is 4.13. The topological polar surface area (TPSA) is 141 Å². The first-order valence-corrected chi connectivity index (χ1v) is 28.4. The van der Waals surface area contributed by atoms with Crippen LogP contribution in [0.2, 0.25) is 0 Å². The molecule has 0 bridgehead atoms. The zero-order valence-corrected chi connectivity index (χ0v) is 46.2. The fourth-order valence-corrected chi connectivity index (χ4v) is 13.0. The molecule has 0 spiro atoms. The van der Waals surface area contributed by atoms with Crippen molar-refractivity contribution in [3.05, 3.63) is 122 Å². The van der Waals surface area contributed by atoms with Gasteiger partial charge >= 0.3 is 0 Å². The molecule has 4 heterocycles. The number of rotatable bonds is 27. The number of aromatic nitrogens is 2. The fourth-order valence-electron chi connectivity index (χ4n) is 8.30. The van der Waals surface area contributed by atoms with E-state index in [1.807, 2.05) is 78.2 Å². The number of aliphatic hydroxyl groups is 4. The van der Waals surface area contributed by atoms with Gasteiger partial charge in [-0.15, -0.1) is 0 Å². The molecule has 0 atom stereocenters. The normalized spacial score (nSPS) is 14.6. The Morgan fingerprint density at radius 2 is 1.03 bits per heavy atom. The number of aryl methyl sites for hydroxylation is 1. The predicted octanol–water partition coefficient (Wildman–Crippen LogP) is 9.89. The van der Waals surface area contributed by atoms with Crippen LogP contribution in [0.5, 0.6) is 17.2 Å². The highest BCUT2D eigenvalue weighted by Crippen LogP contribution is 2.48. The number of thiazole rings is 2. The summed E-state index contributed by atoms with van der Waals surface area (Å²) in [7, 11) is 0. The van der Waals surface area contributed by atoms with E-state index in [2.05, 4.69) is 65.5 Å². The van der Waals surface area contributed by atoms with E-state index in [9.17, 15) is 19.0 Å². The largest absolute Gasteiger partial charge is 0.494 e. The molecule has 19 heteroatoms. The number of alkyl halides is 2. The molecule has 75 heavy (non-hydrogen) atoms. The smallest absolute Gasteiger partial charge is 0.263 e. The minimum atomic E-state index is -0.451. The van der Waals surface area contributed by atoms with E-state index >= 15 is 0 Å². The van der Waals surface area contributed by atoms with E-state index in [-0.39, 0.29) is 39.6 Å². The highest BCUT2D eigenvalue weighted by molar-refractivity contribution is 8.04. The van der Waals surface area contributed by atoms with Crippen molar-refractivity contribution in [1.82, 2.24) is 0 Å². The Morgan fingerprint density at radius 1 is 0.560 bits per heavy atom. The maximum Gasteiger partial charge on any atom is 0.263 e. The van der Waals surface area contributed by atoms with Crippen molar-refractivity contribution in [2.24, 2.45) is 0 Å². The zero-order chi connectivity index (χ0) is 53.1. The zero-order valence-electron chi connectivity index (χ0n) is 43.0. The van der Waals surface area contributed by atoms with E-state index in [1.165, 1.54) is 0 Å². The summed E-state index contributed by atoms with van der Waals surface area (Å²) < 4.78 is 61.2. The second-order valence-electron chi connectivity index (χ2n) is 17.3. The lowest BCUT2D eigenvalue weighted by Gasteiger charge is -2.19. The Kier molecular flexibility index (Phi) is 22.6. The van der Waals surface area contributed by atoms with Crippen LogP contribution in [0.15, 0.2) is 116 Å². The van der Waals surface area contributed by atoms with Crippen molar-refractivity contribution >= 4 is 90.2 Å². The number of benzene rings is 4. The maximum atomic E-state index is 13.5. The second-order valence-corrected chi connectivity index (χ2v) is 21.6. The van der Waals surface area contributed by atoms with E-state index in [0.717, 1.165) is 96.3 Å². The van der Waals surface area contributed by atoms with Crippen LogP contribution < -0.4 is 33.1 Å². The number of nitrogens with zero attached hydrogens (tertiary/aromatic N) is 4. The van der Waals surface area contributed by atoms with Crippen LogP contribution in [0.4, 0.5) is 20.2 Å². The molecule has 0 saturated heterocycles. The van der Waals surface area contributed by atoms with E-state index in [1.54, 1.807) is 46.2 Å². The monoisotopic (exact) mass is 1100 g/mol. The van der Waals surface area contributed by atoms with Crippen LogP contribution in [0.3, 0.4) is 0 Å². The molecule has 0 saturated carbocycles. The van der Waals surface area contributed by atoms with Gasteiger partial charge in [0.05, 0.1) is 92.9 Å². The van der Waals surface area contributed by atoms with Gasteiger partial charge in [-0.25, -0.2) is 8.78 Å². The number of thioether (sulfide) groups is 2. The number of ether oxygens (including phenoxy) is 5. The van der Waals surface area contributed by atoms with Gasteiger partial charge in [-0.2, -0.15) is 9.13 Å². The van der Waals surface area contributed by atoms with Gasteiger partial charge in [0.15, 0.2) is 13.1 Å². The van der Waals surface area contributed by atoms with E-state index in [0.29, 0.717) is 65.0 Å². The molecule has 13 nitrogen and oxygen atoms in total. The van der Waals surface area contributed by atoms with E-state index in [4.69, 9.17) is 33.9 Å². The second kappa shape index (κ2) is 29.5. The minimum absolute atomic E-state index is 0.00589. The van der Waals surface area contributed by atoms with Crippen molar-refractivity contribution in [3.63, 3.8) is 0 Å². The molecule has 0 radical (unpaired) electrons. The Hall–Kier alpha value is -5.06. The number of halogens is 2. The lowest BCUT2D eigenvalue weighted by Crippen LogP contribution is -2.36. The van der Waals surface area contributed by atoms with Gasteiger partial charge in [0, 0.05) is 28.0 Å². The highest BCUT2D eigenvalue weighted by Gasteiger charge is 2.28. The quantitative estimate of drug-likeness (QED) is 0.0288. The molecule has 2 aliphatic rings. The lowest BCUT2D eigenvalue weighted by atomic mass is 10.2. The molecule has 6 aromatic rings. The molecule has 8 rings (SSSR count). The molecule has 402 valence electrons. The summed E-state index contributed by atoms with van der Waals surface area (Å²) in [4.78, 5) is 6.28. The van der Waals surface area contributed by atoms with Gasteiger partial charge < -0.3 is 53.9 Å². The van der Waals surface area contributed by atoms with Crippen LogP contribution in [-0.2, 0) is 22.6 Å². The Labute approximate surface area is 454 Å². The van der Waals surface area contributed by atoms with Crippen molar-refractivity contribution in [2.75, 3.05) is 109 Å². The van der Waals surface area contributed by atoms with Crippen molar-refractivity contribution in [1.29, 1.82) is 0 Å². The molecule has 0 fully saturated rings. The summed E-state index contributed by atoms with van der Waals surface area (Å²) in [5.41, 5.74) is 7.21. The van der Waals surface area contributed by atoms with E-state index < -0.39 is 13.3 Å². The average molecular weight is 1110 g/mol. The van der Waals surface area contributed by atoms with Gasteiger partial charge in [-0.1, -0.05) is 59.2 Å². The van der Waals surface area contributed by atoms with Crippen LogP contribution in [0, 0.1) is 6.92 Å². The third-order valence-corrected chi connectivity index (χ3v) is 16.0. The summed E-state index contributed by atoms with van der Waals surface area (Å²) in [5.74, 6) is 2.21. The molecule has 4 aromatic carbocycles. The number of anilines is 2. The summed E-state index contributed by atoms with van der Waals surface area (Å²) in [6, 6.07) is 24.1. The molecule has 2 aromatic heterocycles. The molecule has 0 unspecified atom stereocenters. The first kappa shape index (κ1) is 57.6. The Balaban J connectivity index is 0.000000219. The Morgan fingerprint density at radius 3 is 1.55 bits per heavy atom. The van der Waals surface area contributed by atoms with Crippen molar-refractivity contribution < 1.29 is 62.0 Å². The lowest BCUT2D eigenvalue weighted by molar-refractivity contribution is -0.670. The molecular weight excluding hydrogens is 1040 g/mol. The predicted molar refractivity (Wildman–Crippen MR) is 300 cm³/mol. The third-order valence-electron chi connectivity index (χ3n) is 11.6. The number of allylic oxidation sites excluding steroid dienone is 4. The van der Waals surface area contributed by atoms with Gasteiger partial charge in [0.2, 0.25) is 11.0 Å². The number of hydrogen-bond donors (Lipinski definition) is 4. The van der Waals surface area contributed by atoms with Crippen LogP contribution in [0.25, 0.3) is 32.6 Å². The van der Waals surface area contributed by atoms with Gasteiger partial charge in [-0.05, 0) is 105 Å². The molecule has 4 N–H and O–H groups in total. The molecule has 2 aliphatic heterocycles. The van der Waals surface area contributed by atoms with Crippen LogP contribution in [-0.4, -0.2) is 120 Å². The SMILES string of the molecule is CC(/C=C1\Sc2ccc(C)cc2N1CC[18F])=C\c1sc2ccc(OCCOCCOCCO)cc2[n+]1CCO.CCCOc1ccc2c(c1)N(CC[18F])/C(=C/C(C)=C/c1sc3ccc(OCCO)cc3[n+]1CCO)S2. The maximum absolute atomic E-state index is 13.5. The fraction of sp³-hybridized carbons (Fsp3) is 0.393. The standard InChI is InChI=1S/C29H36FN2O5S2.C27H32FN2O4S2/c1-21-3-5-26-24(17-21)31(8-7-30)28(38-26)18-22(2)19-29-32(9-10-33)25-20-23(4-6-27(25)39-29)37-16-15-36-14-13-35-12-11-34;1-3-13-33-20-4-6-24-22(17-20)29(9-8-28)26(35-24)15-19(2)16-27-30(10-11-31)23-18-21(34-14-12-32)5-7-25(23)36-27/h3-6,17-20,33-34H,7-16H2,1-2H3;4-7,15-18,31-32H,3,8-14H2,1-2H3/q2*+1/i30-1;28-1. The van der Waals surface area contributed by atoms with Gasteiger partial charge in [-0.3, -0.25) is 0 Å². The highest BCUT2D eigenvalue weighted by atomic mass is 32.2. The summed E-state index contributed by atoms with van der Waals surface area (Å²) in [5, 5.41) is 41.2. The minimum Gasteiger partial charge on any atom is -0.494 e. The van der Waals surface area contributed by atoms with Gasteiger partial charge in [0.1, 0.15) is 66.4 Å². The summed E-state index contributed by atoms with van der Waals surface area (Å²) in [6.45, 7) is 11.8. The molecule has 0 amide bonds. The third kappa shape index (κ3) is 15.6. The van der Waals surface area contributed by atoms with Crippen LogP contribution in [0.1, 0.15) is 42.8 Å². The number of hydrogen-bond acceptors (Lipinski definition) is 15. The van der Waals surface area contributed by atoms with Crippen LogP contribution >= 0.6 is 46.2 Å². The summed E-state index contributed by atoms with van der Waals surface area (Å²) >= 11 is 6.58. The first-order valence-electron chi connectivity index (χ1n) is 25.1. The summed E-state index contributed by atoms with van der Waals surface area (Å²) in [6.07, 6.45) is 9.32. The Bertz CT molecular complexity index is 2960. The number of fused-ring (bicyclic) bond motifs is 4. The molecule has 0 aliphatic carbocycles. The van der Waals surface area contributed by atoms with Crippen molar-refractivity contribution in [3.8, 4) is 17.2 Å². The number of aliphatic hydroxyl groups excluding tert-OH is 4. The van der Waals surface area contributed by atoms with Crippen molar-refractivity contribution in [2.45, 2.75) is 57.0 Å². The first-order chi connectivity index (χ1) is 36.6. The molecular formula is C56H68F2N4O9S4+2.